The van der Waals surface area contributed by atoms with Gasteiger partial charge < -0.3 is 15.2 Å². The van der Waals surface area contributed by atoms with E-state index in [-0.39, 0.29) is 11.5 Å². The molecule has 2 aromatic carbocycles. The largest absolute Gasteiger partial charge is 0.497 e. The van der Waals surface area contributed by atoms with Crippen LogP contribution in [-0.2, 0) is 4.79 Å². The van der Waals surface area contributed by atoms with Crippen LogP contribution >= 0.6 is 0 Å². The number of aliphatic imine (C=N–C) groups is 1. The molecule has 0 radical (unpaired) electrons. The minimum atomic E-state index is -0.794. The third-order valence-electron chi connectivity index (χ3n) is 3.96. The average molecular weight is 394 g/mol. The number of H-pyrrole nitrogens is 1. The molecule has 0 aliphatic heterocycles. The molecular formula is C20H18N4O5. The van der Waals surface area contributed by atoms with Crippen LogP contribution in [0.5, 0.6) is 11.6 Å². The quantitative estimate of drug-likeness (QED) is 0.570. The zero-order chi connectivity index (χ0) is 21.0. The van der Waals surface area contributed by atoms with Gasteiger partial charge in [0.1, 0.15) is 11.3 Å². The van der Waals surface area contributed by atoms with Gasteiger partial charge in [0.15, 0.2) is 0 Å². The number of carbonyl (C=O) groups is 1. The van der Waals surface area contributed by atoms with Gasteiger partial charge in [-0.15, -0.1) is 0 Å². The van der Waals surface area contributed by atoms with E-state index in [0.29, 0.717) is 22.8 Å². The molecule has 0 unspecified atom stereocenters. The maximum absolute atomic E-state index is 12.2. The van der Waals surface area contributed by atoms with E-state index in [4.69, 9.17) is 4.74 Å². The summed E-state index contributed by atoms with van der Waals surface area (Å²) < 4.78 is 6.08. The van der Waals surface area contributed by atoms with E-state index < -0.39 is 17.1 Å². The third kappa shape index (κ3) is 4.41. The van der Waals surface area contributed by atoms with Gasteiger partial charge >= 0.3 is 5.69 Å². The van der Waals surface area contributed by atoms with Crippen LogP contribution in [0.1, 0.15) is 12.5 Å². The van der Waals surface area contributed by atoms with E-state index in [9.17, 15) is 19.5 Å². The number of anilines is 1. The minimum absolute atomic E-state index is 0.182. The smallest absolute Gasteiger partial charge is 0.335 e. The highest BCUT2D eigenvalue weighted by Crippen LogP contribution is 2.21. The van der Waals surface area contributed by atoms with Crippen molar-refractivity contribution in [3.8, 4) is 17.3 Å². The van der Waals surface area contributed by atoms with Crippen molar-refractivity contribution in [1.29, 1.82) is 0 Å². The number of rotatable bonds is 5. The first-order valence-corrected chi connectivity index (χ1v) is 8.53. The molecule has 0 spiro atoms. The van der Waals surface area contributed by atoms with Crippen molar-refractivity contribution in [3.63, 3.8) is 0 Å². The highest BCUT2D eigenvalue weighted by atomic mass is 16.5. The molecular weight excluding hydrogens is 376 g/mol. The second kappa shape index (κ2) is 8.26. The number of aromatic hydroxyl groups is 1. The van der Waals surface area contributed by atoms with Crippen molar-refractivity contribution in [3.05, 3.63) is 74.9 Å². The fraction of sp³-hybridized carbons (Fsp3) is 0.100. The van der Waals surface area contributed by atoms with Crippen LogP contribution in [0.4, 0.5) is 11.4 Å². The summed E-state index contributed by atoms with van der Waals surface area (Å²) >= 11 is 0. The second-order valence-electron chi connectivity index (χ2n) is 6.02. The number of aromatic nitrogens is 2. The highest BCUT2D eigenvalue weighted by molar-refractivity contribution is 5.89. The van der Waals surface area contributed by atoms with Crippen LogP contribution < -0.4 is 21.3 Å². The maximum atomic E-state index is 12.2. The molecule has 3 aromatic rings. The van der Waals surface area contributed by atoms with Crippen LogP contribution in [0.25, 0.3) is 5.69 Å². The number of benzene rings is 2. The van der Waals surface area contributed by atoms with Gasteiger partial charge in [0, 0.05) is 24.9 Å². The molecule has 9 nitrogen and oxygen atoms in total. The van der Waals surface area contributed by atoms with Crippen molar-refractivity contribution in [2.45, 2.75) is 6.92 Å². The zero-order valence-electron chi connectivity index (χ0n) is 15.7. The van der Waals surface area contributed by atoms with Gasteiger partial charge in [-0.05, 0) is 36.4 Å². The summed E-state index contributed by atoms with van der Waals surface area (Å²) in [5, 5.41) is 13.2. The maximum Gasteiger partial charge on any atom is 0.335 e. The Balaban J connectivity index is 1.99. The van der Waals surface area contributed by atoms with Crippen LogP contribution in [0.2, 0.25) is 0 Å². The van der Waals surface area contributed by atoms with Crippen LogP contribution in [0.3, 0.4) is 0 Å². The van der Waals surface area contributed by atoms with Crippen LogP contribution in [0.15, 0.2) is 63.1 Å². The Labute approximate surface area is 164 Å². The Bertz CT molecular complexity index is 1190. The SMILES string of the molecule is COc1cccc(-n2c(O)c(C=Nc3ccc(NC(C)=O)cc3)c(=O)[nH]c2=O)c1. The first-order valence-electron chi connectivity index (χ1n) is 8.53. The number of hydrogen-bond acceptors (Lipinski definition) is 6. The molecule has 0 aliphatic carbocycles. The average Bonchev–Trinajstić information content (AvgIpc) is 2.68. The lowest BCUT2D eigenvalue weighted by Gasteiger charge is -2.10. The predicted octanol–water partition coefficient (Wildman–Crippen LogP) is 1.95. The molecule has 0 saturated heterocycles. The van der Waals surface area contributed by atoms with Crippen LogP contribution in [0, 0.1) is 0 Å². The standard InChI is InChI=1S/C20H18N4O5/c1-12(25)22-14-8-6-13(7-9-14)21-11-17-18(26)23-20(28)24(19(17)27)15-4-3-5-16(10-15)29-2/h3-11,27H,1-2H3,(H,22,25)(H,23,26,28). The molecule has 3 rings (SSSR count). The monoisotopic (exact) mass is 394 g/mol. The normalized spacial score (nSPS) is 10.8. The highest BCUT2D eigenvalue weighted by Gasteiger charge is 2.14. The fourth-order valence-electron chi connectivity index (χ4n) is 2.62. The molecule has 3 N–H and O–H groups in total. The Morgan fingerprint density at radius 1 is 1.21 bits per heavy atom. The number of methoxy groups -OCH3 is 1. The summed E-state index contributed by atoms with van der Waals surface area (Å²) in [5.41, 5.74) is -0.348. The summed E-state index contributed by atoms with van der Waals surface area (Å²) in [6, 6.07) is 13.0. The van der Waals surface area contributed by atoms with Crippen molar-refractivity contribution in [2.24, 2.45) is 4.99 Å². The number of hydrogen-bond donors (Lipinski definition) is 3. The van der Waals surface area contributed by atoms with Crippen molar-refractivity contribution in [2.75, 3.05) is 12.4 Å². The lowest BCUT2D eigenvalue weighted by Crippen LogP contribution is -2.31. The molecule has 148 valence electrons. The molecule has 0 bridgehead atoms. The second-order valence-corrected chi connectivity index (χ2v) is 6.02. The van der Waals surface area contributed by atoms with E-state index in [1.54, 1.807) is 48.5 Å². The molecule has 0 aliphatic rings. The van der Waals surface area contributed by atoms with E-state index in [1.165, 1.54) is 14.0 Å². The summed E-state index contributed by atoms with van der Waals surface area (Å²) in [6.45, 7) is 1.40. The topological polar surface area (TPSA) is 126 Å². The first kappa shape index (κ1) is 19.6. The lowest BCUT2D eigenvalue weighted by molar-refractivity contribution is -0.114. The number of nitrogens with one attached hydrogen (secondary N) is 2. The summed E-state index contributed by atoms with van der Waals surface area (Å²) in [7, 11) is 1.48. The van der Waals surface area contributed by atoms with Gasteiger partial charge in [-0.25, -0.2) is 9.36 Å². The van der Waals surface area contributed by atoms with Crippen molar-refractivity contribution in [1.82, 2.24) is 9.55 Å². The predicted molar refractivity (Wildman–Crippen MR) is 109 cm³/mol. The summed E-state index contributed by atoms with van der Waals surface area (Å²) in [6.07, 6.45) is 1.16. The van der Waals surface area contributed by atoms with E-state index in [2.05, 4.69) is 15.3 Å². The Hall–Kier alpha value is -4.14. The molecule has 1 heterocycles. The van der Waals surface area contributed by atoms with E-state index in [0.717, 1.165) is 10.8 Å². The number of ether oxygens (including phenoxy) is 1. The molecule has 0 atom stereocenters. The van der Waals surface area contributed by atoms with Gasteiger partial charge in [0.2, 0.25) is 11.8 Å². The summed E-state index contributed by atoms with van der Waals surface area (Å²) in [5.74, 6) is -0.266. The number of amides is 1. The van der Waals surface area contributed by atoms with Gasteiger partial charge in [0.05, 0.1) is 18.5 Å². The molecule has 1 aromatic heterocycles. The Morgan fingerprint density at radius 3 is 2.59 bits per heavy atom. The van der Waals surface area contributed by atoms with E-state index >= 15 is 0 Å². The van der Waals surface area contributed by atoms with Crippen molar-refractivity contribution >= 4 is 23.5 Å². The molecule has 29 heavy (non-hydrogen) atoms. The fourth-order valence-corrected chi connectivity index (χ4v) is 2.62. The van der Waals surface area contributed by atoms with Gasteiger partial charge in [0.25, 0.3) is 5.56 Å². The number of carbonyl (C=O) groups excluding carboxylic acids is 1. The molecule has 0 fully saturated rings. The van der Waals surface area contributed by atoms with E-state index in [1.807, 2.05) is 0 Å². The van der Waals surface area contributed by atoms with Gasteiger partial charge in [-0.2, -0.15) is 0 Å². The minimum Gasteiger partial charge on any atom is -0.497 e. The van der Waals surface area contributed by atoms with Crippen LogP contribution in [-0.4, -0.2) is 33.9 Å². The lowest BCUT2D eigenvalue weighted by atomic mass is 10.2. The summed E-state index contributed by atoms with van der Waals surface area (Å²) in [4.78, 5) is 41.8. The zero-order valence-corrected chi connectivity index (χ0v) is 15.7. The molecule has 9 heteroatoms. The number of nitrogens with zero attached hydrogens (tertiary/aromatic N) is 2. The van der Waals surface area contributed by atoms with Crippen molar-refractivity contribution < 1.29 is 14.6 Å². The Morgan fingerprint density at radius 2 is 1.93 bits per heavy atom. The van der Waals surface area contributed by atoms with Gasteiger partial charge in [-0.3, -0.25) is 19.6 Å². The molecule has 0 saturated carbocycles. The Kier molecular flexibility index (Phi) is 5.59. The first-order chi connectivity index (χ1) is 13.9. The van der Waals surface area contributed by atoms with Gasteiger partial charge in [-0.1, -0.05) is 6.07 Å². The molecule has 1 amide bonds. The number of aromatic amines is 1. The third-order valence-corrected chi connectivity index (χ3v) is 3.96.